The zero-order valence-electron chi connectivity index (χ0n) is 14.0. The molecule has 0 aliphatic rings. The molecule has 0 saturated carbocycles. The number of allylic oxidation sites excluding steroid dienone is 1. The predicted octanol–water partition coefficient (Wildman–Crippen LogP) is 6.38. The van der Waals surface area contributed by atoms with Gasteiger partial charge in [0.2, 0.25) is 6.10 Å². The summed E-state index contributed by atoms with van der Waals surface area (Å²) in [7, 11) is 0. The molecule has 0 amide bonds. The molecule has 4 nitrogen and oxygen atoms in total. The minimum absolute atomic E-state index is 0.245. The third-order valence-corrected chi connectivity index (χ3v) is 4.28. The van der Waals surface area contributed by atoms with Crippen LogP contribution >= 0.6 is 34.8 Å². The van der Waals surface area contributed by atoms with Crippen molar-refractivity contribution in [3.63, 3.8) is 0 Å². The van der Waals surface area contributed by atoms with E-state index in [1.807, 2.05) is 4.98 Å². The van der Waals surface area contributed by atoms with Crippen LogP contribution in [0.4, 0.5) is 17.6 Å². The molecule has 1 atom stereocenters. The van der Waals surface area contributed by atoms with Crippen molar-refractivity contribution >= 4 is 40.8 Å². The van der Waals surface area contributed by atoms with Crippen LogP contribution in [0.3, 0.4) is 0 Å². The van der Waals surface area contributed by atoms with Crippen LogP contribution in [0, 0.1) is 5.82 Å². The number of rotatable bonds is 6. The van der Waals surface area contributed by atoms with Gasteiger partial charge in [-0.05, 0) is 31.2 Å². The highest BCUT2D eigenvalue weighted by Crippen LogP contribution is 2.42. The van der Waals surface area contributed by atoms with Crippen LogP contribution in [0.5, 0.6) is 5.75 Å². The van der Waals surface area contributed by atoms with Crippen molar-refractivity contribution in [1.82, 2.24) is 4.98 Å². The van der Waals surface area contributed by atoms with Gasteiger partial charge in [0.25, 0.3) is 0 Å². The first kappa shape index (κ1) is 22.4. The van der Waals surface area contributed by atoms with Crippen molar-refractivity contribution < 1.29 is 32.2 Å². The Morgan fingerprint density at radius 2 is 1.89 bits per heavy atom. The van der Waals surface area contributed by atoms with Gasteiger partial charge >= 0.3 is 12.1 Å². The summed E-state index contributed by atoms with van der Waals surface area (Å²) in [5.41, 5.74) is -2.08. The first-order chi connectivity index (χ1) is 13.0. The minimum Gasteiger partial charge on any atom is -0.478 e. The molecule has 152 valence electrons. The fourth-order valence-electron chi connectivity index (χ4n) is 2.33. The van der Waals surface area contributed by atoms with E-state index in [1.54, 1.807) is 6.92 Å². The molecule has 0 spiro atoms. The molecule has 0 radical (unpaired) electrons. The predicted molar refractivity (Wildman–Crippen MR) is 97.5 cm³/mol. The van der Waals surface area contributed by atoms with Crippen LogP contribution in [0.1, 0.15) is 23.1 Å². The third kappa shape index (κ3) is 4.92. The van der Waals surface area contributed by atoms with E-state index in [-0.39, 0.29) is 27.6 Å². The number of carboxylic acid groups (broad SMARTS) is 1. The van der Waals surface area contributed by atoms with Crippen molar-refractivity contribution in [3.05, 3.63) is 52.6 Å². The lowest BCUT2D eigenvalue weighted by atomic mass is 10.0. The Balaban J connectivity index is 2.61. The lowest BCUT2D eigenvalue weighted by Gasteiger charge is -2.15. The van der Waals surface area contributed by atoms with Crippen LogP contribution in [0.25, 0.3) is 11.1 Å². The fourth-order valence-corrected chi connectivity index (χ4v) is 2.87. The Morgan fingerprint density at radius 1 is 1.25 bits per heavy atom. The standard InChI is InChI=1S/C17H12Cl3F4NO3/c1-2-3-11(16(26)27)28-12-4-7(10(21)6-9(12)18)8-5-13(17(22,23)24)25-14(8)15(19)20/h2-6,11,15,25H,1H3,(H,26,27). The molecule has 11 heteroatoms. The molecule has 2 aromatic rings. The lowest BCUT2D eigenvalue weighted by molar-refractivity contribution is -0.143. The van der Waals surface area contributed by atoms with Crippen molar-refractivity contribution in [3.8, 4) is 16.9 Å². The number of aromatic amines is 1. The maximum Gasteiger partial charge on any atom is 0.431 e. The summed E-state index contributed by atoms with van der Waals surface area (Å²) in [6.07, 6.45) is -3.56. The molecular weight excluding hydrogens is 449 g/mol. The highest BCUT2D eigenvalue weighted by Gasteiger charge is 2.35. The van der Waals surface area contributed by atoms with E-state index in [9.17, 15) is 22.4 Å². The molecule has 2 rings (SSSR count). The number of alkyl halides is 5. The summed E-state index contributed by atoms with van der Waals surface area (Å²) in [4.78, 5) is 11.8. The van der Waals surface area contributed by atoms with Gasteiger partial charge in [0.15, 0.2) is 0 Å². The number of nitrogens with one attached hydrogen (secondary N) is 1. The monoisotopic (exact) mass is 459 g/mol. The number of halogens is 7. The molecular formula is C17H12Cl3F4NO3. The number of carbonyl (C=O) groups is 1. The SMILES string of the molecule is CC=CC(Oc1cc(-c2cc(C(F)(F)F)[nH]c2C(Cl)Cl)c(F)cc1Cl)C(=O)O. The van der Waals surface area contributed by atoms with Gasteiger partial charge in [0.1, 0.15) is 22.1 Å². The lowest BCUT2D eigenvalue weighted by Crippen LogP contribution is -2.24. The van der Waals surface area contributed by atoms with Crippen molar-refractivity contribution in [2.75, 3.05) is 0 Å². The number of ether oxygens (including phenoxy) is 1. The second-order valence-corrected chi connectivity index (χ2v) is 6.98. The highest BCUT2D eigenvalue weighted by molar-refractivity contribution is 6.44. The van der Waals surface area contributed by atoms with Gasteiger partial charge in [-0.2, -0.15) is 13.2 Å². The van der Waals surface area contributed by atoms with Crippen molar-refractivity contribution in [2.24, 2.45) is 0 Å². The van der Waals surface area contributed by atoms with E-state index < -0.39 is 34.6 Å². The third-order valence-electron chi connectivity index (χ3n) is 3.55. The van der Waals surface area contributed by atoms with Crippen molar-refractivity contribution in [1.29, 1.82) is 0 Å². The summed E-state index contributed by atoms with van der Waals surface area (Å²) < 4.78 is 58.8. The maximum atomic E-state index is 14.5. The summed E-state index contributed by atoms with van der Waals surface area (Å²) in [6.45, 7) is 1.56. The van der Waals surface area contributed by atoms with Crippen molar-refractivity contribution in [2.45, 2.75) is 24.0 Å². The van der Waals surface area contributed by atoms with E-state index in [0.29, 0.717) is 6.07 Å². The van der Waals surface area contributed by atoms with Crippen LogP contribution < -0.4 is 4.74 Å². The molecule has 0 fully saturated rings. The first-order valence-corrected chi connectivity index (χ1v) is 8.80. The topological polar surface area (TPSA) is 62.3 Å². The number of hydrogen-bond donors (Lipinski definition) is 2. The number of hydrogen-bond acceptors (Lipinski definition) is 2. The van der Waals surface area contributed by atoms with E-state index in [1.165, 1.54) is 12.2 Å². The van der Waals surface area contributed by atoms with E-state index >= 15 is 0 Å². The number of H-pyrrole nitrogens is 1. The largest absolute Gasteiger partial charge is 0.478 e. The van der Waals surface area contributed by atoms with Gasteiger partial charge in [0, 0.05) is 11.1 Å². The molecule has 1 aromatic heterocycles. The van der Waals surface area contributed by atoms with E-state index in [4.69, 9.17) is 44.6 Å². The Kier molecular flexibility index (Phi) is 6.90. The normalized spacial score (nSPS) is 13.3. The Morgan fingerprint density at radius 3 is 2.39 bits per heavy atom. The summed E-state index contributed by atoms with van der Waals surface area (Å²) in [5, 5.41) is 8.88. The molecule has 0 aliphatic carbocycles. The Bertz CT molecular complexity index is 910. The zero-order chi connectivity index (χ0) is 21.2. The Labute approximate surface area is 171 Å². The summed E-state index contributed by atoms with van der Waals surface area (Å²) in [5.74, 6) is -2.56. The van der Waals surface area contributed by atoms with Gasteiger partial charge in [0.05, 0.1) is 10.7 Å². The van der Waals surface area contributed by atoms with Crippen LogP contribution in [0.2, 0.25) is 5.02 Å². The maximum absolute atomic E-state index is 14.5. The quantitative estimate of drug-likeness (QED) is 0.299. The summed E-state index contributed by atoms with van der Waals surface area (Å²) in [6, 6.07) is 2.42. The van der Waals surface area contributed by atoms with Gasteiger partial charge in [-0.15, -0.1) is 0 Å². The molecule has 1 heterocycles. The Hall–Kier alpha value is -1.90. The van der Waals surface area contributed by atoms with Gasteiger partial charge in [-0.1, -0.05) is 40.9 Å². The highest BCUT2D eigenvalue weighted by atomic mass is 35.5. The van der Waals surface area contributed by atoms with E-state index in [2.05, 4.69) is 0 Å². The van der Waals surface area contributed by atoms with Gasteiger partial charge in [-0.25, -0.2) is 9.18 Å². The van der Waals surface area contributed by atoms with Crippen LogP contribution in [-0.2, 0) is 11.0 Å². The first-order valence-electron chi connectivity index (χ1n) is 7.55. The van der Waals surface area contributed by atoms with Crippen LogP contribution in [-0.4, -0.2) is 22.2 Å². The molecule has 1 aromatic carbocycles. The minimum atomic E-state index is -4.75. The van der Waals surface area contributed by atoms with Gasteiger partial charge in [-0.3, -0.25) is 0 Å². The zero-order valence-corrected chi connectivity index (χ0v) is 16.2. The van der Waals surface area contributed by atoms with Gasteiger partial charge < -0.3 is 14.8 Å². The molecule has 0 aliphatic heterocycles. The average molecular weight is 461 g/mol. The second kappa shape index (κ2) is 8.63. The van der Waals surface area contributed by atoms with E-state index in [0.717, 1.165) is 12.1 Å². The summed E-state index contributed by atoms with van der Waals surface area (Å²) >= 11 is 17.3. The number of carboxylic acids is 1. The average Bonchev–Trinajstić information content (AvgIpc) is 3.02. The fraction of sp³-hybridized carbons (Fsp3) is 0.235. The number of aliphatic carboxylic acids is 1. The smallest absolute Gasteiger partial charge is 0.431 e. The molecule has 28 heavy (non-hydrogen) atoms. The molecule has 0 saturated heterocycles. The second-order valence-electron chi connectivity index (χ2n) is 5.47. The molecule has 1 unspecified atom stereocenters. The van der Waals surface area contributed by atoms with Crippen LogP contribution in [0.15, 0.2) is 30.4 Å². The molecule has 0 bridgehead atoms. The molecule has 2 N–H and O–H groups in total. The number of benzene rings is 1. The number of aromatic nitrogens is 1.